The van der Waals surface area contributed by atoms with E-state index in [1.807, 2.05) is 11.9 Å². The third kappa shape index (κ3) is 3.09. The lowest BCUT2D eigenvalue weighted by Crippen LogP contribution is -2.43. The molecule has 0 bridgehead atoms. The summed E-state index contributed by atoms with van der Waals surface area (Å²) in [5.41, 5.74) is 4.76. The van der Waals surface area contributed by atoms with Crippen LogP contribution < -0.4 is 5.32 Å². The maximum atomic E-state index is 13.2. The molecule has 0 saturated carbocycles. The van der Waals surface area contributed by atoms with Crippen molar-refractivity contribution in [1.29, 1.82) is 0 Å². The van der Waals surface area contributed by atoms with E-state index in [-0.39, 0.29) is 11.5 Å². The van der Waals surface area contributed by atoms with Gasteiger partial charge in [0.15, 0.2) is 0 Å². The smallest absolute Gasteiger partial charge is 0.264 e. The molecule has 3 aliphatic rings. The fourth-order valence-electron chi connectivity index (χ4n) is 4.89. The van der Waals surface area contributed by atoms with Gasteiger partial charge in [0, 0.05) is 17.6 Å². The van der Waals surface area contributed by atoms with Crippen LogP contribution in [0.25, 0.3) is 0 Å². The number of aryl methyl sites for hydroxylation is 1. The van der Waals surface area contributed by atoms with Crippen LogP contribution in [0.3, 0.4) is 0 Å². The number of hydrogen-bond donors (Lipinski definition) is 2. The molecule has 1 aliphatic carbocycles. The monoisotopic (exact) mass is 400 g/mol. The number of fused-ring (bicyclic) bond motifs is 3. The molecule has 28 heavy (non-hydrogen) atoms. The number of carbonyl (C=O) groups is 1. The highest BCUT2D eigenvalue weighted by molar-refractivity contribution is 7.14. The number of aromatic nitrogens is 2. The molecule has 0 unspecified atom stereocenters. The van der Waals surface area contributed by atoms with Gasteiger partial charge in [0.05, 0.1) is 23.7 Å². The van der Waals surface area contributed by atoms with Crippen LogP contribution in [0.5, 0.6) is 0 Å². The van der Waals surface area contributed by atoms with Gasteiger partial charge < -0.3 is 15.0 Å². The first-order valence-corrected chi connectivity index (χ1v) is 11.3. The Kier molecular flexibility index (Phi) is 4.77. The summed E-state index contributed by atoms with van der Waals surface area (Å²) in [6.07, 6.45) is 7.48. The molecule has 2 aromatic rings. The second kappa shape index (κ2) is 7.28. The van der Waals surface area contributed by atoms with E-state index in [1.165, 1.54) is 34.5 Å². The minimum atomic E-state index is -0.179. The zero-order valence-corrected chi connectivity index (χ0v) is 17.3. The Balaban J connectivity index is 1.36. The molecule has 0 aromatic carbocycles. The van der Waals surface area contributed by atoms with Gasteiger partial charge in [-0.15, -0.1) is 11.3 Å². The van der Waals surface area contributed by atoms with E-state index in [1.54, 1.807) is 11.3 Å². The molecular formula is C21H28N4O2S. The summed E-state index contributed by atoms with van der Waals surface area (Å²) in [7, 11) is 1.89. The van der Waals surface area contributed by atoms with Gasteiger partial charge in [-0.25, -0.2) is 0 Å². The lowest BCUT2D eigenvalue weighted by Gasteiger charge is -2.40. The number of piperidine rings is 1. The van der Waals surface area contributed by atoms with E-state index in [0.717, 1.165) is 62.4 Å². The van der Waals surface area contributed by atoms with E-state index in [4.69, 9.17) is 4.74 Å². The summed E-state index contributed by atoms with van der Waals surface area (Å²) in [5, 5.41) is 11.1. The largest absolute Gasteiger partial charge is 0.369 e. The van der Waals surface area contributed by atoms with Crippen molar-refractivity contribution in [3.8, 4) is 0 Å². The Morgan fingerprint density at radius 2 is 2.11 bits per heavy atom. The van der Waals surface area contributed by atoms with Gasteiger partial charge in [0.1, 0.15) is 5.60 Å². The summed E-state index contributed by atoms with van der Waals surface area (Å²) >= 11 is 1.65. The molecule has 2 aromatic heterocycles. The minimum Gasteiger partial charge on any atom is -0.369 e. The molecule has 4 heterocycles. The number of nitrogens with zero attached hydrogens (tertiary/aromatic N) is 2. The number of hydrogen-bond acceptors (Lipinski definition) is 5. The zero-order valence-electron chi connectivity index (χ0n) is 16.5. The number of aromatic amines is 1. The number of H-pyrrole nitrogens is 1. The second-order valence-electron chi connectivity index (χ2n) is 8.30. The van der Waals surface area contributed by atoms with Crippen LogP contribution in [0.4, 0.5) is 0 Å². The van der Waals surface area contributed by atoms with Crippen LogP contribution in [-0.4, -0.2) is 47.7 Å². The first-order valence-electron chi connectivity index (χ1n) is 10.4. The van der Waals surface area contributed by atoms with Crippen molar-refractivity contribution in [2.75, 3.05) is 26.7 Å². The predicted octanol–water partition coefficient (Wildman–Crippen LogP) is 2.77. The Labute approximate surface area is 169 Å². The van der Waals surface area contributed by atoms with Crippen LogP contribution in [0.15, 0.2) is 6.07 Å². The van der Waals surface area contributed by atoms with E-state index >= 15 is 0 Å². The fourth-order valence-corrected chi connectivity index (χ4v) is 6.30. The molecule has 2 N–H and O–H groups in total. The normalized spacial score (nSPS) is 20.6. The number of rotatable bonds is 3. The quantitative estimate of drug-likeness (QED) is 0.831. The van der Waals surface area contributed by atoms with Gasteiger partial charge in [0.2, 0.25) is 0 Å². The van der Waals surface area contributed by atoms with Crippen molar-refractivity contribution in [2.45, 2.75) is 57.1 Å². The number of amides is 1. The van der Waals surface area contributed by atoms with Gasteiger partial charge in [-0.05, 0) is 75.2 Å². The van der Waals surface area contributed by atoms with Gasteiger partial charge in [-0.1, -0.05) is 0 Å². The molecule has 1 spiro atoms. The molecule has 7 heteroatoms. The standard InChI is InChI=1S/C21H28N4O2S/c1-25(13-17-15-4-2-3-5-16(15)23-24-17)20(26)18-12-14-6-11-27-21(19(14)28-18)7-9-22-10-8-21/h12,22H,2-11,13H2,1H3,(H,23,24). The Hall–Kier alpha value is -1.70. The topological polar surface area (TPSA) is 70.2 Å². The molecular weight excluding hydrogens is 372 g/mol. The number of ether oxygens (including phenoxy) is 1. The summed E-state index contributed by atoms with van der Waals surface area (Å²) in [6, 6.07) is 2.12. The van der Waals surface area contributed by atoms with Crippen molar-refractivity contribution in [2.24, 2.45) is 0 Å². The Bertz CT molecular complexity index is 881. The average Bonchev–Trinajstić information content (AvgIpc) is 3.34. The Morgan fingerprint density at radius 1 is 1.29 bits per heavy atom. The van der Waals surface area contributed by atoms with Crippen molar-refractivity contribution in [3.05, 3.63) is 38.3 Å². The maximum absolute atomic E-state index is 13.2. The first kappa shape index (κ1) is 18.3. The summed E-state index contributed by atoms with van der Waals surface area (Å²) < 4.78 is 6.27. The molecule has 5 rings (SSSR count). The van der Waals surface area contributed by atoms with Gasteiger partial charge in [0.25, 0.3) is 5.91 Å². The van der Waals surface area contributed by atoms with Crippen molar-refractivity contribution in [3.63, 3.8) is 0 Å². The average molecular weight is 401 g/mol. The highest BCUT2D eigenvalue weighted by atomic mass is 32.1. The van der Waals surface area contributed by atoms with Crippen molar-refractivity contribution in [1.82, 2.24) is 20.4 Å². The zero-order chi connectivity index (χ0) is 19.1. The number of nitrogens with one attached hydrogen (secondary N) is 2. The van der Waals surface area contributed by atoms with Gasteiger partial charge >= 0.3 is 0 Å². The first-order chi connectivity index (χ1) is 13.7. The molecule has 0 atom stereocenters. The SMILES string of the molecule is CN(Cc1n[nH]c2c1CCCC2)C(=O)c1cc2c(s1)C1(CCNCC1)OCC2. The molecule has 1 saturated heterocycles. The number of carbonyl (C=O) groups excluding carboxylic acids is 1. The van der Waals surface area contributed by atoms with E-state index < -0.39 is 0 Å². The highest BCUT2D eigenvalue weighted by Crippen LogP contribution is 2.44. The van der Waals surface area contributed by atoms with E-state index in [0.29, 0.717) is 6.54 Å². The fraction of sp³-hybridized carbons (Fsp3) is 0.619. The Morgan fingerprint density at radius 3 is 2.96 bits per heavy atom. The molecule has 6 nitrogen and oxygen atoms in total. The molecule has 2 aliphatic heterocycles. The van der Waals surface area contributed by atoms with Crippen LogP contribution in [-0.2, 0) is 36.1 Å². The predicted molar refractivity (Wildman–Crippen MR) is 109 cm³/mol. The third-order valence-corrected chi connectivity index (χ3v) is 7.82. The van der Waals surface area contributed by atoms with Gasteiger partial charge in [-0.2, -0.15) is 5.10 Å². The summed E-state index contributed by atoms with van der Waals surface area (Å²) in [4.78, 5) is 17.1. The lowest BCUT2D eigenvalue weighted by atomic mass is 9.86. The van der Waals surface area contributed by atoms with E-state index in [2.05, 4.69) is 21.6 Å². The molecule has 150 valence electrons. The summed E-state index contributed by atoms with van der Waals surface area (Å²) in [6.45, 7) is 3.28. The van der Waals surface area contributed by atoms with Crippen LogP contribution in [0.1, 0.15) is 62.7 Å². The lowest BCUT2D eigenvalue weighted by molar-refractivity contribution is -0.0771. The molecule has 0 radical (unpaired) electrons. The minimum absolute atomic E-state index is 0.0936. The number of thiophene rings is 1. The van der Waals surface area contributed by atoms with Crippen molar-refractivity contribution >= 4 is 17.2 Å². The van der Waals surface area contributed by atoms with Crippen molar-refractivity contribution < 1.29 is 9.53 Å². The molecule has 1 amide bonds. The third-order valence-electron chi connectivity index (χ3n) is 6.47. The van der Waals surface area contributed by atoms with Crippen LogP contribution >= 0.6 is 11.3 Å². The second-order valence-corrected chi connectivity index (χ2v) is 9.36. The maximum Gasteiger partial charge on any atom is 0.264 e. The van der Waals surface area contributed by atoms with Gasteiger partial charge in [-0.3, -0.25) is 9.89 Å². The highest BCUT2D eigenvalue weighted by Gasteiger charge is 2.41. The van der Waals surface area contributed by atoms with Crippen LogP contribution in [0.2, 0.25) is 0 Å². The molecule has 1 fully saturated rings. The van der Waals surface area contributed by atoms with Crippen LogP contribution in [0, 0.1) is 0 Å². The van der Waals surface area contributed by atoms with E-state index in [9.17, 15) is 4.79 Å². The summed E-state index contributed by atoms with van der Waals surface area (Å²) in [5.74, 6) is 0.0936.